The van der Waals surface area contributed by atoms with Crippen molar-refractivity contribution in [2.45, 2.75) is 53.2 Å². The van der Waals surface area contributed by atoms with E-state index in [1.807, 2.05) is 25.5 Å². The van der Waals surface area contributed by atoms with Gasteiger partial charge >= 0.3 is 0 Å². The Morgan fingerprint density at radius 3 is 2.60 bits per heavy atom. The van der Waals surface area contributed by atoms with Crippen LogP contribution < -0.4 is 0 Å². The van der Waals surface area contributed by atoms with E-state index in [0.717, 1.165) is 29.9 Å². The van der Waals surface area contributed by atoms with Crippen molar-refractivity contribution in [2.75, 3.05) is 0 Å². The SMILES string of the molecule is CCc1nn(CC)c(CC(O)c2cc(C)sc2C)c1Cl. The van der Waals surface area contributed by atoms with E-state index >= 15 is 0 Å². The summed E-state index contributed by atoms with van der Waals surface area (Å²) in [7, 11) is 0. The molecule has 0 aliphatic rings. The molecular formula is C15H21ClN2OS. The van der Waals surface area contributed by atoms with Crippen LogP contribution in [0.15, 0.2) is 6.07 Å². The summed E-state index contributed by atoms with van der Waals surface area (Å²) in [6.07, 6.45) is 0.798. The van der Waals surface area contributed by atoms with Crippen molar-refractivity contribution in [3.63, 3.8) is 0 Å². The van der Waals surface area contributed by atoms with Crippen LogP contribution in [0.2, 0.25) is 5.02 Å². The standard InChI is InChI=1S/C15H21ClN2OS/c1-5-12-15(16)13(18(6-2)17-12)8-14(19)11-7-9(3)20-10(11)4/h7,14,19H,5-6,8H2,1-4H3. The average molecular weight is 313 g/mol. The molecule has 2 rings (SSSR count). The van der Waals surface area contributed by atoms with Crippen LogP contribution in [0, 0.1) is 13.8 Å². The smallest absolute Gasteiger partial charge is 0.0856 e. The van der Waals surface area contributed by atoms with Gasteiger partial charge < -0.3 is 5.11 Å². The van der Waals surface area contributed by atoms with E-state index in [2.05, 4.69) is 18.1 Å². The molecule has 1 unspecified atom stereocenters. The van der Waals surface area contributed by atoms with Crippen molar-refractivity contribution in [3.05, 3.63) is 37.8 Å². The van der Waals surface area contributed by atoms with Gasteiger partial charge in [-0.15, -0.1) is 11.3 Å². The maximum absolute atomic E-state index is 10.5. The number of aliphatic hydroxyl groups excluding tert-OH is 1. The molecule has 2 aromatic rings. The summed E-state index contributed by atoms with van der Waals surface area (Å²) in [4.78, 5) is 2.39. The molecule has 0 aromatic carbocycles. The number of thiophene rings is 1. The van der Waals surface area contributed by atoms with Gasteiger partial charge in [-0.05, 0) is 38.8 Å². The predicted molar refractivity (Wildman–Crippen MR) is 84.7 cm³/mol. The van der Waals surface area contributed by atoms with Gasteiger partial charge in [-0.3, -0.25) is 4.68 Å². The molecule has 0 aliphatic carbocycles. The molecule has 110 valence electrons. The van der Waals surface area contributed by atoms with E-state index in [4.69, 9.17) is 11.6 Å². The van der Waals surface area contributed by atoms with Gasteiger partial charge in [-0.25, -0.2) is 0 Å². The van der Waals surface area contributed by atoms with Crippen molar-refractivity contribution in [1.82, 2.24) is 9.78 Å². The molecule has 5 heteroatoms. The molecule has 0 fully saturated rings. The molecule has 0 saturated heterocycles. The van der Waals surface area contributed by atoms with Gasteiger partial charge in [-0.2, -0.15) is 5.10 Å². The van der Waals surface area contributed by atoms with E-state index in [0.29, 0.717) is 11.4 Å². The van der Waals surface area contributed by atoms with E-state index in [1.165, 1.54) is 9.75 Å². The fourth-order valence-corrected chi connectivity index (χ4v) is 3.81. The highest BCUT2D eigenvalue weighted by atomic mass is 35.5. The number of hydrogen-bond acceptors (Lipinski definition) is 3. The van der Waals surface area contributed by atoms with Crippen LogP contribution in [0.5, 0.6) is 0 Å². The van der Waals surface area contributed by atoms with Crippen LogP contribution in [-0.2, 0) is 19.4 Å². The quantitative estimate of drug-likeness (QED) is 0.903. The normalized spacial score (nSPS) is 12.9. The molecule has 0 saturated carbocycles. The number of rotatable bonds is 5. The zero-order chi connectivity index (χ0) is 14.9. The third-order valence-corrected chi connectivity index (χ3v) is 4.94. The van der Waals surface area contributed by atoms with Gasteiger partial charge in [0.2, 0.25) is 0 Å². The highest BCUT2D eigenvalue weighted by Gasteiger charge is 2.20. The van der Waals surface area contributed by atoms with Crippen LogP contribution in [0.1, 0.15) is 46.7 Å². The minimum atomic E-state index is -0.524. The lowest BCUT2D eigenvalue weighted by molar-refractivity contribution is 0.175. The Morgan fingerprint density at radius 2 is 2.10 bits per heavy atom. The van der Waals surface area contributed by atoms with Gasteiger partial charge in [0.1, 0.15) is 0 Å². The summed E-state index contributed by atoms with van der Waals surface area (Å²) >= 11 is 8.11. The van der Waals surface area contributed by atoms with Gasteiger partial charge in [0, 0.05) is 22.7 Å². The second-order valence-electron chi connectivity index (χ2n) is 4.97. The summed E-state index contributed by atoms with van der Waals surface area (Å²) in [6.45, 7) is 8.96. The van der Waals surface area contributed by atoms with Crippen molar-refractivity contribution < 1.29 is 5.11 Å². The Labute approximate surface area is 129 Å². The number of aryl methyl sites for hydroxylation is 4. The summed E-state index contributed by atoms with van der Waals surface area (Å²) in [5.74, 6) is 0. The Balaban J connectivity index is 2.29. The van der Waals surface area contributed by atoms with E-state index in [1.54, 1.807) is 11.3 Å². The van der Waals surface area contributed by atoms with Crippen molar-refractivity contribution in [1.29, 1.82) is 0 Å². The lowest BCUT2D eigenvalue weighted by Gasteiger charge is -2.12. The predicted octanol–water partition coefficient (Wildman–Crippen LogP) is 4.07. The van der Waals surface area contributed by atoms with Crippen LogP contribution >= 0.6 is 22.9 Å². The lowest BCUT2D eigenvalue weighted by Crippen LogP contribution is -2.09. The maximum Gasteiger partial charge on any atom is 0.0856 e. The van der Waals surface area contributed by atoms with Crippen molar-refractivity contribution in [2.24, 2.45) is 0 Å². The summed E-state index contributed by atoms with van der Waals surface area (Å²) in [5.41, 5.74) is 2.85. The third kappa shape index (κ3) is 2.92. The molecular weight excluding hydrogens is 292 g/mol. The highest BCUT2D eigenvalue weighted by Crippen LogP contribution is 2.31. The molecule has 1 atom stereocenters. The van der Waals surface area contributed by atoms with Gasteiger partial charge in [-0.1, -0.05) is 18.5 Å². The van der Waals surface area contributed by atoms with Crippen LogP contribution in [0.4, 0.5) is 0 Å². The van der Waals surface area contributed by atoms with Crippen molar-refractivity contribution >= 4 is 22.9 Å². The minimum absolute atomic E-state index is 0.511. The number of halogens is 1. The first kappa shape index (κ1) is 15.5. The topological polar surface area (TPSA) is 38.0 Å². The van der Waals surface area contributed by atoms with Gasteiger partial charge in [0.25, 0.3) is 0 Å². The minimum Gasteiger partial charge on any atom is -0.388 e. The Bertz CT molecular complexity index is 603. The zero-order valence-corrected chi connectivity index (χ0v) is 14.0. The second kappa shape index (κ2) is 6.29. The monoisotopic (exact) mass is 312 g/mol. The first-order valence-electron chi connectivity index (χ1n) is 6.96. The van der Waals surface area contributed by atoms with Crippen molar-refractivity contribution in [3.8, 4) is 0 Å². The second-order valence-corrected chi connectivity index (χ2v) is 6.80. The van der Waals surface area contributed by atoms with E-state index in [9.17, 15) is 5.11 Å². The molecule has 0 aliphatic heterocycles. The summed E-state index contributed by atoms with van der Waals surface area (Å²) < 4.78 is 1.90. The number of aliphatic hydroxyl groups is 1. The number of hydrogen-bond donors (Lipinski definition) is 1. The van der Waals surface area contributed by atoms with Gasteiger partial charge in [0.15, 0.2) is 0 Å². The highest BCUT2D eigenvalue weighted by molar-refractivity contribution is 7.12. The molecule has 1 N–H and O–H groups in total. The average Bonchev–Trinajstić information content (AvgIpc) is 2.90. The van der Waals surface area contributed by atoms with Gasteiger partial charge in [0.05, 0.1) is 22.5 Å². The fraction of sp³-hybridized carbons (Fsp3) is 0.533. The van der Waals surface area contributed by atoms with E-state index < -0.39 is 6.10 Å². The molecule has 0 spiro atoms. The maximum atomic E-state index is 10.5. The summed E-state index contributed by atoms with van der Waals surface area (Å²) in [5, 5.41) is 15.7. The Kier molecular flexibility index (Phi) is 4.89. The molecule has 2 aromatic heterocycles. The molecule has 0 amide bonds. The molecule has 2 heterocycles. The fourth-order valence-electron chi connectivity index (χ4n) is 2.49. The molecule has 0 bridgehead atoms. The molecule has 0 radical (unpaired) electrons. The Hall–Kier alpha value is -0.840. The number of nitrogens with zero attached hydrogens (tertiary/aromatic N) is 2. The lowest BCUT2D eigenvalue weighted by atomic mass is 10.1. The van der Waals surface area contributed by atoms with Crippen LogP contribution in [-0.4, -0.2) is 14.9 Å². The molecule has 3 nitrogen and oxygen atoms in total. The molecule has 20 heavy (non-hydrogen) atoms. The van der Waals surface area contributed by atoms with E-state index in [-0.39, 0.29) is 0 Å². The number of aromatic nitrogens is 2. The zero-order valence-electron chi connectivity index (χ0n) is 12.4. The first-order valence-corrected chi connectivity index (χ1v) is 8.16. The first-order chi connectivity index (χ1) is 9.47. The van der Waals surface area contributed by atoms with Crippen LogP contribution in [0.25, 0.3) is 0 Å². The largest absolute Gasteiger partial charge is 0.388 e. The Morgan fingerprint density at radius 1 is 1.40 bits per heavy atom. The summed E-state index contributed by atoms with van der Waals surface area (Å²) in [6, 6.07) is 2.06. The van der Waals surface area contributed by atoms with Crippen LogP contribution in [0.3, 0.4) is 0 Å². The third-order valence-electron chi connectivity index (χ3n) is 3.52.